The molecule has 2 aromatic rings. The average molecular weight is 340 g/mol. The van der Waals surface area contributed by atoms with E-state index in [0.717, 1.165) is 17.5 Å². The highest BCUT2D eigenvalue weighted by molar-refractivity contribution is 6.01. The zero-order valence-electron chi connectivity index (χ0n) is 14.4. The predicted octanol–water partition coefficient (Wildman–Crippen LogP) is 3.69. The van der Waals surface area contributed by atoms with Crippen molar-refractivity contribution < 1.29 is 14.0 Å². The SMILES string of the molecule is Cc1cc(C)cc(NC(=O)C2CCCN2C(=O)c2ccccc2F)c1. The number of nitrogens with one attached hydrogen (secondary N) is 1. The van der Waals surface area contributed by atoms with Gasteiger partial charge < -0.3 is 10.2 Å². The summed E-state index contributed by atoms with van der Waals surface area (Å²) in [7, 11) is 0. The number of halogens is 1. The van der Waals surface area contributed by atoms with Gasteiger partial charge in [0.1, 0.15) is 11.9 Å². The van der Waals surface area contributed by atoms with Crippen LogP contribution in [0.3, 0.4) is 0 Å². The number of carbonyl (C=O) groups excluding carboxylic acids is 2. The van der Waals surface area contributed by atoms with Gasteiger partial charge in [0, 0.05) is 12.2 Å². The minimum atomic E-state index is -0.576. The summed E-state index contributed by atoms with van der Waals surface area (Å²) >= 11 is 0. The van der Waals surface area contributed by atoms with E-state index in [0.29, 0.717) is 18.7 Å². The van der Waals surface area contributed by atoms with Crippen molar-refractivity contribution >= 4 is 17.5 Å². The quantitative estimate of drug-likeness (QED) is 0.926. The number of anilines is 1. The first-order chi connectivity index (χ1) is 12.0. The minimum Gasteiger partial charge on any atom is -0.327 e. The number of rotatable bonds is 3. The number of nitrogens with zero attached hydrogens (tertiary/aromatic N) is 1. The average Bonchev–Trinajstić information content (AvgIpc) is 3.03. The number of hydrogen-bond donors (Lipinski definition) is 1. The number of hydrogen-bond acceptors (Lipinski definition) is 2. The number of likely N-dealkylation sites (tertiary alicyclic amines) is 1. The second kappa shape index (κ2) is 7.05. The lowest BCUT2D eigenvalue weighted by atomic mass is 10.1. The Balaban J connectivity index is 1.78. The molecule has 1 aliphatic rings. The molecular weight excluding hydrogens is 319 g/mol. The molecule has 1 saturated heterocycles. The summed E-state index contributed by atoms with van der Waals surface area (Å²) < 4.78 is 13.9. The van der Waals surface area contributed by atoms with Crippen LogP contribution in [-0.4, -0.2) is 29.3 Å². The van der Waals surface area contributed by atoms with Gasteiger partial charge in [-0.25, -0.2) is 4.39 Å². The van der Waals surface area contributed by atoms with Crippen LogP contribution < -0.4 is 5.32 Å². The molecule has 0 spiro atoms. The topological polar surface area (TPSA) is 49.4 Å². The van der Waals surface area contributed by atoms with Gasteiger partial charge in [-0.1, -0.05) is 18.2 Å². The van der Waals surface area contributed by atoms with Crippen LogP contribution in [0.1, 0.15) is 34.3 Å². The molecule has 0 aliphatic carbocycles. The fourth-order valence-electron chi connectivity index (χ4n) is 3.34. The number of amides is 2. The van der Waals surface area contributed by atoms with Gasteiger partial charge in [-0.3, -0.25) is 9.59 Å². The standard InChI is InChI=1S/C20H21FN2O2/c1-13-10-14(2)12-15(11-13)22-19(24)18-8-5-9-23(18)20(25)16-6-3-4-7-17(16)21/h3-4,6-7,10-12,18H,5,8-9H2,1-2H3,(H,22,24). The van der Waals surface area contributed by atoms with Crippen LogP contribution in [0.4, 0.5) is 10.1 Å². The highest BCUT2D eigenvalue weighted by Gasteiger charge is 2.35. The summed E-state index contributed by atoms with van der Waals surface area (Å²) in [5.41, 5.74) is 2.84. The summed E-state index contributed by atoms with van der Waals surface area (Å²) in [6.45, 7) is 4.39. The first kappa shape index (κ1) is 17.1. The lowest BCUT2D eigenvalue weighted by Crippen LogP contribution is -2.43. The summed E-state index contributed by atoms with van der Waals surface area (Å²) in [5.74, 6) is -1.23. The molecule has 130 valence electrons. The fourth-order valence-corrected chi connectivity index (χ4v) is 3.34. The largest absolute Gasteiger partial charge is 0.327 e. The van der Waals surface area contributed by atoms with Crippen LogP contribution in [0.5, 0.6) is 0 Å². The van der Waals surface area contributed by atoms with Crippen LogP contribution in [0.15, 0.2) is 42.5 Å². The van der Waals surface area contributed by atoms with Crippen molar-refractivity contribution in [3.8, 4) is 0 Å². The van der Waals surface area contributed by atoms with Gasteiger partial charge in [-0.05, 0) is 62.1 Å². The highest BCUT2D eigenvalue weighted by Crippen LogP contribution is 2.23. The van der Waals surface area contributed by atoms with E-state index in [2.05, 4.69) is 5.32 Å². The smallest absolute Gasteiger partial charge is 0.257 e. The zero-order chi connectivity index (χ0) is 18.0. The van der Waals surface area contributed by atoms with Crippen molar-refractivity contribution in [1.82, 2.24) is 4.90 Å². The Morgan fingerprint density at radius 1 is 1.12 bits per heavy atom. The van der Waals surface area contributed by atoms with Crippen molar-refractivity contribution in [2.75, 3.05) is 11.9 Å². The van der Waals surface area contributed by atoms with Crippen molar-refractivity contribution in [3.05, 3.63) is 65.0 Å². The molecule has 5 heteroatoms. The second-order valence-corrected chi connectivity index (χ2v) is 6.50. The molecule has 4 nitrogen and oxygen atoms in total. The van der Waals surface area contributed by atoms with E-state index >= 15 is 0 Å². The van der Waals surface area contributed by atoms with Crippen molar-refractivity contribution in [1.29, 1.82) is 0 Å². The summed E-state index contributed by atoms with van der Waals surface area (Å²) in [4.78, 5) is 26.8. The monoisotopic (exact) mass is 340 g/mol. The third-order valence-corrected chi connectivity index (χ3v) is 4.41. The van der Waals surface area contributed by atoms with E-state index in [1.165, 1.54) is 17.0 Å². The van der Waals surface area contributed by atoms with Crippen LogP contribution in [0.2, 0.25) is 0 Å². The third-order valence-electron chi connectivity index (χ3n) is 4.41. The molecule has 1 unspecified atom stereocenters. The molecule has 1 fully saturated rings. The Morgan fingerprint density at radius 2 is 1.80 bits per heavy atom. The molecule has 0 saturated carbocycles. The Hall–Kier alpha value is -2.69. The first-order valence-corrected chi connectivity index (χ1v) is 8.40. The highest BCUT2D eigenvalue weighted by atomic mass is 19.1. The van der Waals surface area contributed by atoms with Crippen LogP contribution in [-0.2, 0) is 4.79 Å². The Labute approximate surface area is 146 Å². The van der Waals surface area contributed by atoms with Gasteiger partial charge >= 0.3 is 0 Å². The van der Waals surface area contributed by atoms with E-state index in [1.807, 2.05) is 32.0 Å². The van der Waals surface area contributed by atoms with Gasteiger partial charge in [0.2, 0.25) is 5.91 Å². The fraction of sp³-hybridized carbons (Fsp3) is 0.300. The van der Waals surface area contributed by atoms with E-state index in [1.54, 1.807) is 12.1 Å². The maximum atomic E-state index is 13.9. The Kier molecular flexibility index (Phi) is 4.83. The molecule has 3 rings (SSSR count). The molecule has 25 heavy (non-hydrogen) atoms. The summed E-state index contributed by atoms with van der Waals surface area (Å²) in [6, 6.07) is 11.1. The third kappa shape index (κ3) is 3.71. The van der Waals surface area contributed by atoms with Crippen LogP contribution in [0.25, 0.3) is 0 Å². The van der Waals surface area contributed by atoms with Gasteiger partial charge in [0.25, 0.3) is 5.91 Å². The number of carbonyl (C=O) groups is 2. The maximum absolute atomic E-state index is 13.9. The van der Waals surface area contributed by atoms with Gasteiger partial charge in [0.15, 0.2) is 0 Å². The molecule has 1 N–H and O–H groups in total. The summed E-state index contributed by atoms with van der Waals surface area (Å²) in [6.07, 6.45) is 1.31. The van der Waals surface area contributed by atoms with Gasteiger partial charge in [-0.15, -0.1) is 0 Å². The van der Waals surface area contributed by atoms with Crippen molar-refractivity contribution in [3.63, 3.8) is 0 Å². The zero-order valence-corrected chi connectivity index (χ0v) is 14.4. The molecule has 0 bridgehead atoms. The first-order valence-electron chi connectivity index (χ1n) is 8.40. The van der Waals surface area contributed by atoms with Crippen molar-refractivity contribution in [2.45, 2.75) is 32.7 Å². The lowest BCUT2D eigenvalue weighted by molar-refractivity contribution is -0.119. The molecule has 1 aliphatic heterocycles. The Bertz CT molecular complexity index is 799. The van der Waals surface area contributed by atoms with Crippen LogP contribution in [0, 0.1) is 19.7 Å². The second-order valence-electron chi connectivity index (χ2n) is 6.50. The van der Waals surface area contributed by atoms with E-state index in [4.69, 9.17) is 0 Å². The Morgan fingerprint density at radius 3 is 2.48 bits per heavy atom. The summed E-state index contributed by atoms with van der Waals surface area (Å²) in [5, 5.41) is 2.89. The van der Waals surface area contributed by atoms with Crippen molar-refractivity contribution in [2.24, 2.45) is 0 Å². The maximum Gasteiger partial charge on any atom is 0.257 e. The molecule has 1 heterocycles. The number of aryl methyl sites for hydroxylation is 2. The predicted molar refractivity (Wildman–Crippen MR) is 95.0 cm³/mol. The minimum absolute atomic E-state index is 0.00796. The molecular formula is C20H21FN2O2. The van der Waals surface area contributed by atoms with Gasteiger partial charge in [-0.2, -0.15) is 0 Å². The van der Waals surface area contributed by atoms with Gasteiger partial charge in [0.05, 0.1) is 5.56 Å². The molecule has 0 aromatic heterocycles. The lowest BCUT2D eigenvalue weighted by Gasteiger charge is -2.24. The normalized spacial score (nSPS) is 16.8. The molecule has 0 radical (unpaired) electrons. The van der Waals surface area contributed by atoms with E-state index in [9.17, 15) is 14.0 Å². The number of benzene rings is 2. The van der Waals surface area contributed by atoms with E-state index in [-0.39, 0.29) is 11.5 Å². The van der Waals surface area contributed by atoms with E-state index < -0.39 is 17.8 Å². The molecule has 2 amide bonds. The van der Waals surface area contributed by atoms with Crippen LogP contribution >= 0.6 is 0 Å². The molecule has 1 atom stereocenters. The molecule has 2 aromatic carbocycles.